The summed E-state index contributed by atoms with van der Waals surface area (Å²) in [5.74, 6) is 1.38. The third-order valence-corrected chi connectivity index (χ3v) is 5.70. The van der Waals surface area contributed by atoms with Crippen LogP contribution >= 0.6 is 11.3 Å². The van der Waals surface area contributed by atoms with Crippen molar-refractivity contribution in [2.75, 3.05) is 31.6 Å². The van der Waals surface area contributed by atoms with Crippen LogP contribution in [0.4, 0.5) is 5.13 Å². The number of hydrogen-bond donors (Lipinski definition) is 1. The maximum atomic E-state index is 12.9. The fourth-order valence-corrected chi connectivity index (χ4v) is 4.27. The van der Waals surface area contributed by atoms with Gasteiger partial charge in [-0.25, -0.2) is 4.98 Å². The summed E-state index contributed by atoms with van der Waals surface area (Å²) in [6.45, 7) is 9.02. The van der Waals surface area contributed by atoms with Crippen molar-refractivity contribution >= 4 is 22.4 Å². The van der Waals surface area contributed by atoms with Crippen molar-refractivity contribution in [3.8, 4) is 5.75 Å². The zero-order valence-corrected chi connectivity index (χ0v) is 16.6. The monoisotopic (exact) mass is 373 g/mol. The minimum Gasteiger partial charge on any atom is -0.493 e. The van der Waals surface area contributed by atoms with Gasteiger partial charge in [0.05, 0.1) is 12.3 Å². The molecule has 1 aromatic carbocycles. The molecule has 0 aliphatic carbocycles. The Morgan fingerprint density at radius 1 is 1.42 bits per heavy atom. The molecule has 0 saturated carbocycles. The van der Waals surface area contributed by atoms with Gasteiger partial charge in [-0.05, 0) is 51.3 Å². The highest BCUT2D eigenvalue weighted by atomic mass is 32.1. The molecule has 1 fully saturated rings. The molecule has 1 aromatic heterocycles. The van der Waals surface area contributed by atoms with Gasteiger partial charge in [0.2, 0.25) is 0 Å². The minimum absolute atomic E-state index is 0.101. The maximum Gasteiger partial charge on any atom is 0.265 e. The number of nitrogens with zero attached hydrogens (tertiary/aromatic N) is 2. The number of carbonyl (C=O) groups is 1. The van der Waals surface area contributed by atoms with Crippen LogP contribution in [-0.4, -0.2) is 42.0 Å². The summed E-state index contributed by atoms with van der Waals surface area (Å²) < 4.78 is 5.96. The Balaban J connectivity index is 1.60. The second kappa shape index (κ2) is 8.54. The Hall–Kier alpha value is -2.08. The summed E-state index contributed by atoms with van der Waals surface area (Å²) in [6, 6.07) is 8.11. The summed E-state index contributed by atoms with van der Waals surface area (Å²) in [4.78, 5) is 20.1. The van der Waals surface area contributed by atoms with Crippen LogP contribution in [0.1, 0.15) is 40.7 Å². The van der Waals surface area contributed by atoms with Crippen LogP contribution in [0, 0.1) is 19.8 Å². The zero-order chi connectivity index (χ0) is 18.5. The van der Waals surface area contributed by atoms with E-state index in [1.807, 2.05) is 30.9 Å². The van der Waals surface area contributed by atoms with Crippen LogP contribution in [0.25, 0.3) is 0 Å². The van der Waals surface area contributed by atoms with Gasteiger partial charge in [-0.2, -0.15) is 0 Å². The fraction of sp³-hybridized carbons (Fsp3) is 0.500. The van der Waals surface area contributed by atoms with Crippen LogP contribution in [0.2, 0.25) is 0 Å². The average molecular weight is 374 g/mol. The second-order valence-corrected chi connectivity index (χ2v) is 7.85. The van der Waals surface area contributed by atoms with Gasteiger partial charge in [-0.1, -0.05) is 23.5 Å². The maximum absolute atomic E-state index is 12.9. The number of ether oxygens (including phenoxy) is 1. The van der Waals surface area contributed by atoms with Gasteiger partial charge in [0, 0.05) is 25.6 Å². The van der Waals surface area contributed by atoms with E-state index in [-0.39, 0.29) is 5.91 Å². The molecule has 1 aliphatic heterocycles. The van der Waals surface area contributed by atoms with Gasteiger partial charge in [-0.15, -0.1) is 0 Å². The number of rotatable bonds is 6. The molecule has 1 unspecified atom stereocenters. The van der Waals surface area contributed by atoms with E-state index < -0.39 is 0 Å². The molecule has 26 heavy (non-hydrogen) atoms. The number of amides is 1. The van der Waals surface area contributed by atoms with Crippen LogP contribution in [0.3, 0.4) is 0 Å². The molecule has 0 bridgehead atoms. The molecule has 1 saturated heterocycles. The van der Waals surface area contributed by atoms with Crippen LogP contribution in [0.5, 0.6) is 5.75 Å². The van der Waals surface area contributed by atoms with E-state index in [9.17, 15) is 4.79 Å². The van der Waals surface area contributed by atoms with Gasteiger partial charge in [-0.3, -0.25) is 4.79 Å². The highest BCUT2D eigenvalue weighted by molar-refractivity contribution is 7.17. The molecule has 1 amide bonds. The van der Waals surface area contributed by atoms with Crippen molar-refractivity contribution in [2.24, 2.45) is 5.92 Å². The molecule has 2 heterocycles. The quantitative estimate of drug-likeness (QED) is 0.827. The predicted molar refractivity (Wildman–Crippen MR) is 106 cm³/mol. The second-order valence-electron chi connectivity index (χ2n) is 6.85. The lowest BCUT2D eigenvalue weighted by molar-refractivity contribution is 0.0637. The topological polar surface area (TPSA) is 54.5 Å². The Bertz CT molecular complexity index is 759. The summed E-state index contributed by atoms with van der Waals surface area (Å²) in [7, 11) is 0. The summed E-state index contributed by atoms with van der Waals surface area (Å²) in [5, 5.41) is 4.02. The van der Waals surface area contributed by atoms with Crippen molar-refractivity contribution in [3.63, 3.8) is 0 Å². The lowest BCUT2D eigenvalue weighted by Gasteiger charge is -2.32. The van der Waals surface area contributed by atoms with E-state index in [2.05, 4.69) is 29.4 Å². The first-order valence-electron chi connectivity index (χ1n) is 9.27. The zero-order valence-electron chi connectivity index (χ0n) is 15.7. The fourth-order valence-electron chi connectivity index (χ4n) is 3.27. The number of piperidine rings is 1. The van der Waals surface area contributed by atoms with Gasteiger partial charge in [0.25, 0.3) is 5.91 Å². The van der Waals surface area contributed by atoms with E-state index in [4.69, 9.17) is 4.74 Å². The molecule has 2 aromatic rings. The first-order chi connectivity index (χ1) is 12.6. The normalized spacial score (nSPS) is 17.2. The number of carbonyl (C=O) groups excluding carboxylic acids is 1. The van der Waals surface area contributed by atoms with Gasteiger partial charge < -0.3 is 15.0 Å². The van der Waals surface area contributed by atoms with Crippen LogP contribution in [0.15, 0.2) is 24.3 Å². The number of anilines is 1. The largest absolute Gasteiger partial charge is 0.493 e. The lowest BCUT2D eigenvalue weighted by atomic mass is 9.98. The Kier molecular flexibility index (Phi) is 6.14. The third-order valence-electron chi connectivity index (χ3n) is 4.60. The molecule has 6 heteroatoms. The van der Waals surface area contributed by atoms with Crippen molar-refractivity contribution in [1.82, 2.24) is 9.88 Å². The minimum atomic E-state index is 0.101. The standard InChI is InChI=1S/C20H27N3O2S/c1-4-21-20-22-15(3)18(26-20)19(24)23-10-6-8-16(12-23)13-25-17-9-5-7-14(2)11-17/h5,7,9,11,16H,4,6,8,10,12-13H2,1-3H3,(H,21,22). The van der Waals surface area contributed by atoms with Gasteiger partial charge in [0.15, 0.2) is 5.13 Å². The number of thiazole rings is 1. The number of hydrogen-bond acceptors (Lipinski definition) is 5. The number of aromatic nitrogens is 1. The molecule has 1 aliphatic rings. The molecule has 3 rings (SSSR count). The Morgan fingerprint density at radius 2 is 2.27 bits per heavy atom. The molecule has 5 nitrogen and oxygen atoms in total. The summed E-state index contributed by atoms with van der Waals surface area (Å²) in [5.41, 5.74) is 2.01. The Morgan fingerprint density at radius 3 is 3.04 bits per heavy atom. The van der Waals surface area contributed by atoms with Crippen molar-refractivity contribution in [1.29, 1.82) is 0 Å². The summed E-state index contributed by atoms with van der Waals surface area (Å²) in [6.07, 6.45) is 2.12. The number of likely N-dealkylation sites (tertiary alicyclic amines) is 1. The van der Waals surface area contributed by atoms with E-state index in [0.717, 1.165) is 53.9 Å². The van der Waals surface area contributed by atoms with Crippen molar-refractivity contribution in [2.45, 2.75) is 33.6 Å². The van der Waals surface area contributed by atoms with Gasteiger partial charge in [0.1, 0.15) is 10.6 Å². The number of nitrogens with one attached hydrogen (secondary N) is 1. The van der Waals surface area contributed by atoms with Crippen molar-refractivity contribution < 1.29 is 9.53 Å². The third kappa shape index (κ3) is 4.55. The SMILES string of the molecule is CCNc1nc(C)c(C(=O)N2CCCC(COc3cccc(C)c3)C2)s1. The predicted octanol–water partition coefficient (Wildman–Crippen LogP) is 4.12. The van der Waals surface area contributed by atoms with Crippen LogP contribution in [-0.2, 0) is 0 Å². The smallest absolute Gasteiger partial charge is 0.265 e. The molecule has 140 valence electrons. The molecule has 1 atom stereocenters. The van der Waals surface area contributed by atoms with Gasteiger partial charge >= 0.3 is 0 Å². The highest BCUT2D eigenvalue weighted by Crippen LogP contribution is 2.26. The number of benzene rings is 1. The lowest BCUT2D eigenvalue weighted by Crippen LogP contribution is -2.41. The van der Waals surface area contributed by atoms with E-state index in [1.54, 1.807) is 0 Å². The van der Waals surface area contributed by atoms with E-state index in [0.29, 0.717) is 12.5 Å². The van der Waals surface area contributed by atoms with E-state index >= 15 is 0 Å². The molecule has 0 spiro atoms. The first-order valence-corrected chi connectivity index (χ1v) is 10.1. The van der Waals surface area contributed by atoms with Crippen LogP contribution < -0.4 is 10.1 Å². The molecule has 0 radical (unpaired) electrons. The first kappa shape index (κ1) is 18.7. The molecular formula is C20H27N3O2S. The molecule has 1 N–H and O–H groups in total. The number of aryl methyl sites for hydroxylation is 2. The average Bonchev–Trinajstić information content (AvgIpc) is 3.00. The van der Waals surface area contributed by atoms with Crippen molar-refractivity contribution in [3.05, 3.63) is 40.4 Å². The van der Waals surface area contributed by atoms with E-state index in [1.165, 1.54) is 16.9 Å². The molecular weight excluding hydrogens is 346 g/mol. The highest BCUT2D eigenvalue weighted by Gasteiger charge is 2.27. The summed E-state index contributed by atoms with van der Waals surface area (Å²) >= 11 is 1.45. The Labute approximate surface area is 159 Å².